The molecular formula is C40H27NO. The number of benzene rings is 7. The van der Waals surface area contributed by atoms with Gasteiger partial charge in [-0.3, -0.25) is 0 Å². The van der Waals surface area contributed by atoms with E-state index in [0.29, 0.717) is 0 Å². The van der Waals surface area contributed by atoms with Crippen molar-refractivity contribution in [3.63, 3.8) is 0 Å². The van der Waals surface area contributed by atoms with Crippen LogP contribution in [0.25, 0.3) is 55.0 Å². The Labute approximate surface area is 244 Å². The molecule has 0 saturated heterocycles. The Bertz CT molecular complexity index is 2160. The minimum atomic E-state index is 0.871. The second kappa shape index (κ2) is 10.1. The first-order valence-corrected chi connectivity index (χ1v) is 14.3. The third kappa shape index (κ3) is 4.22. The number of furan rings is 1. The average molecular weight is 538 g/mol. The maximum Gasteiger partial charge on any atom is 0.159 e. The fourth-order valence-electron chi connectivity index (χ4n) is 5.95. The molecule has 198 valence electrons. The van der Waals surface area contributed by atoms with Crippen LogP contribution >= 0.6 is 0 Å². The zero-order valence-electron chi connectivity index (χ0n) is 22.9. The topological polar surface area (TPSA) is 16.4 Å². The third-order valence-corrected chi connectivity index (χ3v) is 8.01. The minimum absolute atomic E-state index is 0.871. The maximum absolute atomic E-state index is 6.76. The summed E-state index contributed by atoms with van der Waals surface area (Å²) in [7, 11) is 0. The van der Waals surface area contributed by atoms with Crippen LogP contribution in [0.1, 0.15) is 0 Å². The smallest absolute Gasteiger partial charge is 0.159 e. The highest BCUT2D eigenvalue weighted by Crippen LogP contribution is 2.45. The monoisotopic (exact) mass is 537 g/mol. The Morgan fingerprint density at radius 3 is 1.57 bits per heavy atom. The summed E-state index contributed by atoms with van der Waals surface area (Å²) in [5, 5.41) is 4.60. The number of hydrogen-bond donors (Lipinski definition) is 0. The lowest BCUT2D eigenvalue weighted by molar-refractivity contribution is 0.669. The van der Waals surface area contributed by atoms with Gasteiger partial charge in [0.25, 0.3) is 0 Å². The third-order valence-electron chi connectivity index (χ3n) is 8.01. The fourth-order valence-corrected chi connectivity index (χ4v) is 5.95. The van der Waals surface area contributed by atoms with Gasteiger partial charge in [0.15, 0.2) is 5.58 Å². The van der Waals surface area contributed by atoms with E-state index in [1.165, 1.54) is 27.5 Å². The van der Waals surface area contributed by atoms with Crippen LogP contribution in [0.2, 0.25) is 0 Å². The van der Waals surface area contributed by atoms with Crippen molar-refractivity contribution in [1.82, 2.24) is 0 Å². The van der Waals surface area contributed by atoms with E-state index in [-0.39, 0.29) is 0 Å². The number of anilines is 3. The van der Waals surface area contributed by atoms with Gasteiger partial charge in [0.05, 0.1) is 5.69 Å². The number of nitrogens with zero attached hydrogens (tertiary/aromatic N) is 1. The lowest BCUT2D eigenvalue weighted by Crippen LogP contribution is -2.10. The van der Waals surface area contributed by atoms with Crippen LogP contribution < -0.4 is 4.90 Å². The Kier molecular flexibility index (Phi) is 5.82. The fraction of sp³-hybridized carbons (Fsp3) is 0. The molecule has 1 aromatic heterocycles. The van der Waals surface area contributed by atoms with Crippen LogP contribution in [0.3, 0.4) is 0 Å². The lowest BCUT2D eigenvalue weighted by atomic mass is 9.99. The first-order chi connectivity index (χ1) is 20.8. The highest BCUT2D eigenvalue weighted by Gasteiger charge is 2.21. The molecule has 0 fully saturated rings. The maximum atomic E-state index is 6.76. The van der Waals surface area contributed by atoms with Crippen LogP contribution in [0.15, 0.2) is 168 Å². The number of hydrogen-bond acceptors (Lipinski definition) is 2. The number of rotatable bonds is 5. The van der Waals surface area contributed by atoms with E-state index in [1.807, 2.05) is 0 Å². The van der Waals surface area contributed by atoms with Crippen molar-refractivity contribution >= 4 is 49.8 Å². The highest BCUT2D eigenvalue weighted by atomic mass is 16.3. The normalized spacial score (nSPS) is 11.3. The van der Waals surface area contributed by atoms with Crippen molar-refractivity contribution in [3.05, 3.63) is 164 Å². The SMILES string of the molecule is c1ccc(-c2ccc(N(c3ccccc3)c3cc(-c4ccccc4)cc4c3oc3cc5ccccc5cc34)cc2)cc1. The van der Waals surface area contributed by atoms with Gasteiger partial charge in [0, 0.05) is 22.1 Å². The molecule has 0 atom stereocenters. The van der Waals surface area contributed by atoms with Gasteiger partial charge in [-0.1, -0.05) is 115 Å². The van der Waals surface area contributed by atoms with Crippen molar-refractivity contribution in [2.45, 2.75) is 0 Å². The van der Waals surface area contributed by atoms with Crippen LogP contribution in [0, 0.1) is 0 Å². The molecule has 0 spiro atoms. The Hall–Kier alpha value is -5.60. The predicted molar refractivity (Wildman–Crippen MR) is 177 cm³/mol. The molecule has 8 rings (SSSR count). The minimum Gasteiger partial charge on any atom is -0.454 e. The van der Waals surface area contributed by atoms with Gasteiger partial charge < -0.3 is 9.32 Å². The van der Waals surface area contributed by atoms with Crippen LogP contribution in [-0.4, -0.2) is 0 Å². The van der Waals surface area contributed by atoms with Gasteiger partial charge in [-0.25, -0.2) is 0 Å². The van der Waals surface area contributed by atoms with Crippen molar-refractivity contribution in [3.8, 4) is 22.3 Å². The molecular weight excluding hydrogens is 510 g/mol. The summed E-state index contributed by atoms with van der Waals surface area (Å²) in [5.74, 6) is 0. The second-order valence-electron chi connectivity index (χ2n) is 10.6. The molecule has 7 aromatic carbocycles. The summed E-state index contributed by atoms with van der Waals surface area (Å²) in [6.07, 6.45) is 0. The molecule has 0 bridgehead atoms. The van der Waals surface area contributed by atoms with Crippen LogP contribution in [0.5, 0.6) is 0 Å². The summed E-state index contributed by atoms with van der Waals surface area (Å²) >= 11 is 0. The van der Waals surface area contributed by atoms with E-state index in [9.17, 15) is 0 Å². The zero-order chi connectivity index (χ0) is 27.9. The molecule has 0 aliphatic rings. The van der Waals surface area contributed by atoms with Crippen molar-refractivity contribution in [2.24, 2.45) is 0 Å². The Morgan fingerprint density at radius 1 is 0.381 bits per heavy atom. The summed E-state index contributed by atoms with van der Waals surface area (Å²) in [4.78, 5) is 2.31. The first-order valence-electron chi connectivity index (χ1n) is 14.3. The van der Waals surface area contributed by atoms with Gasteiger partial charge in [0.1, 0.15) is 5.58 Å². The van der Waals surface area contributed by atoms with Crippen LogP contribution in [-0.2, 0) is 0 Å². The molecule has 0 saturated carbocycles. The molecule has 0 radical (unpaired) electrons. The summed E-state index contributed by atoms with van der Waals surface area (Å²) in [6, 6.07) is 57.9. The quantitative estimate of drug-likeness (QED) is 0.217. The number of fused-ring (bicyclic) bond motifs is 4. The molecule has 0 N–H and O–H groups in total. The Morgan fingerprint density at radius 2 is 0.905 bits per heavy atom. The average Bonchev–Trinajstić information content (AvgIpc) is 3.43. The van der Waals surface area contributed by atoms with Gasteiger partial charge in [0.2, 0.25) is 0 Å². The first kappa shape index (κ1) is 24.2. The summed E-state index contributed by atoms with van der Waals surface area (Å²) in [5.41, 5.74) is 9.61. The predicted octanol–water partition coefficient (Wildman–Crippen LogP) is 11.5. The molecule has 2 heteroatoms. The van der Waals surface area contributed by atoms with Crippen molar-refractivity contribution < 1.29 is 4.42 Å². The summed E-state index contributed by atoms with van der Waals surface area (Å²) in [6.45, 7) is 0. The van der Waals surface area contributed by atoms with Crippen molar-refractivity contribution in [2.75, 3.05) is 4.90 Å². The second-order valence-corrected chi connectivity index (χ2v) is 10.6. The number of para-hydroxylation sites is 1. The molecule has 0 aliphatic heterocycles. The Balaban J connectivity index is 1.41. The molecule has 0 unspecified atom stereocenters. The lowest BCUT2D eigenvalue weighted by Gasteiger charge is -2.26. The van der Waals surface area contributed by atoms with Gasteiger partial charge >= 0.3 is 0 Å². The molecule has 2 nitrogen and oxygen atoms in total. The van der Waals surface area contributed by atoms with Crippen LogP contribution in [0.4, 0.5) is 17.1 Å². The van der Waals surface area contributed by atoms with E-state index in [4.69, 9.17) is 4.42 Å². The van der Waals surface area contributed by atoms with E-state index in [2.05, 4.69) is 169 Å². The molecule has 42 heavy (non-hydrogen) atoms. The van der Waals surface area contributed by atoms with E-state index in [0.717, 1.165) is 44.6 Å². The zero-order valence-corrected chi connectivity index (χ0v) is 22.9. The van der Waals surface area contributed by atoms with E-state index >= 15 is 0 Å². The van der Waals surface area contributed by atoms with E-state index < -0.39 is 0 Å². The molecule has 1 heterocycles. The summed E-state index contributed by atoms with van der Waals surface area (Å²) < 4.78 is 6.76. The van der Waals surface area contributed by atoms with Crippen molar-refractivity contribution in [1.29, 1.82) is 0 Å². The van der Waals surface area contributed by atoms with E-state index in [1.54, 1.807) is 0 Å². The van der Waals surface area contributed by atoms with Gasteiger partial charge in [-0.2, -0.15) is 0 Å². The molecule has 0 aliphatic carbocycles. The molecule has 0 amide bonds. The largest absolute Gasteiger partial charge is 0.454 e. The van der Waals surface area contributed by atoms with Gasteiger partial charge in [-0.05, 0) is 81.6 Å². The highest BCUT2D eigenvalue weighted by molar-refractivity contribution is 6.15. The van der Waals surface area contributed by atoms with Gasteiger partial charge in [-0.15, -0.1) is 0 Å². The standard InChI is InChI=1S/C40H27NO/c1-4-12-28(13-5-1)30-20-22-35(23-21-30)41(34-18-8-3-9-19-34)38-26-33(29-14-6-2-7-15-29)25-37-36-24-31-16-10-11-17-32(31)27-39(36)42-40(37)38/h1-27H. The molecule has 8 aromatic rings.